The molecule has 3 aromatic carbocycles. The molecule has 0 aliphatic rings. The topological polar surface area (TPSA) is 60.7 Å². The maximum atomic E-state index is 12.8. The number of hydrogen-bond donors (Lipinski definition) is 0. The summed E-state index contributed by atoms with van der Waals surface area (Å²) in [6.45, 7) is 1.96. The van der Waals surface area contributed by atoms with Crippen LogP contribution in [0.4, 0.5) is 0 Å². The van der Waals surface area contributed by atoms with Gasteiger partial charge in [-0.05, 0) is 55.0 Å². The van der Waals surface area contributed by atoms with E-state index in [0.29, 0.717) is 20.8 Å². The fraction of sp³-hybridized carbons (Fsp3) is 0.0417. The van der Waals surface area contributed by atoms with E-state index in [1.165, 1.54) is 11.3 Å². The number of rotatable bonds is 3. The van der Waals surface area contributed by atoms with Gasteiger partial charge < -0.3 is 4.74 Å². The first-order valence-corrected chi connectivity index (χ1v) is 10.2. The number of nitrogens with zero attached hydrogens (tertiary/aromatic N) is 2. The number of thiazole rings is 1. The monoisotopic (exact) mass is 412 g/mol. The van der Waals surface area contributed by atoms with Crippen LogP contribution in [0.15, 0.2) is 77.6 Å². The Balaban J connectivity index is 1.42. The van der Waals surface area contributed by atoms with Crippen LogP contribution in [0.1, 0.15) is 21.5 Å². The van der Waals surface area contributed by atoms with E-state index in [-0.39, 0.29) is 5.56 Å². The van der Waals surface area contributed by atoms with Crippen molar-refractivity contribution in [3.63, 3.8) is 0 Å². The third kappa shape index (κ3) is 3.27. The van der Waals surface area contributed by atoms with Crippen LogP contribution in [0.25, 0.3) is 22.1 Å². The predicted octanol–water partition coefficient (Wildman–Crippen LogP) is 3.98. The maximum Gasteiger partial charge on any atom is 0.343 e. The molecule has 0 unspecified atom stereocenters. The van der Waals surface area contributed by atoms with Crippen LogP contribution in [-0.4, -0.2) is 15.4 Å². The van der Waals surface area contributed by atoms with Crippen molar-refractivity contribution in [2.75, 3.05) is 0 Å². The van der Waals surface area contributed by atoms with Gasteiger partial charge in [-0.1, -0.05) is 53.3 Å². The Bertz CT molecular complexity index is 1500. The van der Waals surface area contributed by atoms with E-state index in [1.54, 1.807) is 28.7 Å². The fourth-order valence-corrected chi connectivity index (χ4v) is 4.24. The van der Waals surface area contributed by atoms with Crippen molar-refractivity contribution in [3.8, 4) is 5.75 Å². The first kappa shape index (κ1) is 18.3. The number of hydrogen-bond acceptors (Lipinski definition) is 5. The maximum absolute atomic E-state index is 12.8. The molecular weight excluding hydrogens is 396 g/mol. The van der Waals surface area contributed by atoms with Gasteiger partial charge in [-0.15, -0.1) is 0 Å². The van der Waals surface area contributed by atoms with E-state index < -0.39 is 5.97 Å². The van der Waals surface area contributed by atoms with E-state index >= 15 is 0 Å². The molecule has 0 spiro atoms. The number of para-hydroxylation sites is 2. The van der Waals surface area contributed by atoms with Gasteiger partial charge >= 0.3 is 5.97 Å². The molecular formula is C24H16N2O3S. The molecule has 0 aliphatic carbocycles. The number of carbonyl (C=O) groups is 1. The van der Waals surface area contributed by atoms with Crippen LogP contribution in [0.5, 0.6) is 5.75 Å². The van der Waals surface area contributed by atoms with Gasteiger partial charge in [0.05, 0.1) is 21.1 Å². The highest BCUT2D eigenvalue weighted by atomic mass is 32.1. The summed E-state index contributed by atoms with van der Waals surface area (Å²) in [4.78, 5) is 30.3. The molecule has 30 heavy (non-hydrogen) atoms. The smallest absolute Gasteiger partial charge is 0.343 e. The summed E-state index contributed by atoms with van der Waals surface area (Å²) in [7, 11) is 0. The summed E-state index contributed by atoms with van der Waals surface area (Å²) in [6, 6.07) is 21.9. The molecule has 5 aromatic rings. The molecule has 0 saturated heterocycles. The molecule has 5 rings (SSSR count). The molecule has 0 saturated carbocycles. The van der Waals surface area contributed by atoms with Crippen LogP contribution < -0.4 is 14.8 Å². The van der Waals surface area contributed by atoms with Crippen molar-refractivity contribution < 1.29 is 9.53 Å². The highest BCUT2D eigenvalue weighted by molar-refractivity contribution is 7.15. The van der Waals surface area contributed by atoms with E-state index in [0.717, 1.165) is 22.2 Å². The van der Waals surface area contributed by atoms with Gasteiger partial charge in [0.1, 0.15) is 5.75 Å². The minimum Gasteiger partial charge on any atom is -0.423 e. The van der Waals surface area contributed by atoms with Gasteiger partial charge in [0.25, 0.3) is 5.56 Å². The molecule has 0 bridgehead atoms. The fourth-order valence-electron chi connectivity index (χ4n) is 3.25. The summed E-state index contributed by atoms with van der Waals surface area (Å²) in [5, 5.41) is 0. The highest BCUT2D eigenvalue weighted by Gasteiger charge is 2.11. The third-order valence-corrected chi connectivity index (χ3v) is 5.79. The van der Waals surface area contributed by atoms with E-state index in [1.807, 2.05) is 61.5 Å². The molecule has 146 valence electrons. The van der Waals surface area contributed by atoms with Crippen LogP contribution in [-0.2, 0) is 0 Å². The Hall–Kier alpha value is -3.77. The normalized spacial score (nSPS) is 12.0. The lowest BCUT2D eigenvalue weighted by molar-refractivity contribution is 0.0735. The van der Waals surface area contributed by atoms with Crippen molar-refractivity contribution in [2.45, 2.75) is 6.92 Å². The molecule has 0 fully saturated rings. The van der Waals surface area contributed by atoms with Crippen molar-refractivity contribution >= 4 is 39.4 Å². The molecule has 2 aromatic heterocycles. The number of ether oxygens (including phenoxy) is 1. The molecule has 6 heteroatoms. The SMILES string of the molecule is Cc1ccc(C(=O)Oc2ccc(/C=c3\sc4nc5ccccc5n4c3=O)cc2)cc1. The second-order valence-corrected chi connectivity index (χ2v) is 7.97. The third-order valence-electron chi connectivity index (χ3n) is 4.82. The number of esters is 1. The van der Waals surface area contributed by atoms with Crippen molar-refractivity contribution in [3.05, 3.63) is 104 Å². The van der Waals surface area contributed by atoms with E-state index in [2.05, 4.69) is 4.98 Å². The Morgan fingerprint density at radius 3 is 2.50 bits per heavy atom. The average molecular weight is 412 g/mol. The molecule has 0 amide bonds. The summed E-state index contributed by atoms with van der Waals surface area (Å²) in [6.07, 6.45) is 1.82. The van der Waals surface area contributed by atoms with Gasteiger partial charge in [0.2, 0.25) is 0 Å². The first-order valence-electron chi connectivity index (χ1n) is 9.39. The lowest BCUT2D eigenvalue weighted by Crippen LogP contribution is -2.22. The quantitative estimate of drug-likeness (QED) is 0.332. The summed E-state index contributed by atoms with van der Waals surface area (Å²) in [5.41, 5.74) is 3.97. The first-order chi connectivity index (χ1) is 14.6. The minimum atomic E-state index is -0.403. The largest absolute Gasteiger partial charge is 0.423 e. The number of benzene rings is 3. The Morgan fingerprint density at radius 2 is 1.73 bits per heavy atom. The second kappa shape index (κ2) is 7.24. The summed E-state index contributed by atoms with van der Waals surface area (Å²) >= 11 is 1.36. The number of aromatic nitrogens is 2. The molecule has 5 nitrogen and oxygen atoms in total. The number of fused-ring (bicyclic) bond motifs is 3. The number of imidazole rings is 1. The van der Waals surface area contributed by atoms with Gasteiger partial charge in [0, 0.05) is 0 Å². The van der Waals surface area contributed by atoms with Gasteiger partial charge in [-0.25, -0.2) is 14.2 Å². The van der Waals surface area contributed by atoms with Crippen LogP contribution in [0.3, 0.4) is 0 Å². The standard InChI is InChI=1S/C24H16N2O3S/c1-15-6-10-17(11-7-15)23(28)29-18-12-8-16(9-13-18)14-21-22(27)26-20-5-3-2-4-19(20)25-24(26)30-21/h2-14H,1H3/b21-14-. The van der Waals surface area contributed by atoms with Gasteiger partial charge in [-0.2, -0.15) is 0 Å². The minimum absolute atomic E-state index is 0.0847. The zero-order valence-electron chi connectivity index (χ0n) is 16.0. The zero-order valence-corrected chi connectivity index (χ0v) is 16.8. The van der Waals surface area contributed by atoms with Crippen molar-refractivity contribution in [1.29, 1.82) is 0 Å². The van der Waals surface area contributed by atoms with Crippen LogP contribution in [0.2, 0.25) is 0 Å². The summed E-state index contributed by atoms with van der Waals surface area (Å²) in [5.74, 6) is 0.0481. The Kier molecular flexibility index (Phi) is 4.41. The molecule has 0 aliphatic heterocycles. The average Bonchev–Trinajstić information content (AvgIpc) is 3.26. The van der Waals surface area contributed by atoms with Crippen LogP contribution in [0, 0.1) is 6.92 Å². The zero-order chi connectivity index (χ0) is 20.7. The van der Waals surface area contributed by atoms with Crippen molar-refractivity contribution in [2.24, 2.45) is 0 Å². The van der Waals surface area contributed by atoms with E-state index in [9.17, 15) is 9.59 Å². The summed E-state index contributed by atoms with van der Waals surface area (Å²) < 4.78 is 7.67. The van der Waals surface area contributed by atoms with Crippen molar-refractivity contribution in [1.82, 2.24) is 9.38 Å². The number of aryl methyl sites for hydroxylation is 1. The second-order valence-electron chi connectivity index (χ2n) is 6.96. The molecule has 2 heterocycles. The highest BCUT2D eigenvalue weighted by Crippen LogP contribution is 2.17. The van der Waals surface area contributed by atoms with E-state index in [4.69, 9.17) is 4.74 Å². The lowest BCUT2D eigenvalue weighted by atomic mass is 10.1. The molecule has 0 radical (unpaired) electrons. The molecule has 0 N–H and O–H groups in total. The van der Waals surface area contributed by atoms with Gasteiger partial charge in [-0.3, -0.25) is 4.79 Å². The molecule has 0 atom stereocenters. The Morgan fingerprint density at radius 1 is 1.00 bits per heavy atom. The Labute approximate surface area is 175 Å². The lowest BCUT2D eigenvalue weighted by Gasteiger charge is -2.05. The predicted molar refractivity (Wildman–Crippen MR) is 118 cm³/mol. The van der Waals surface area contributed by atoms with Gasteiger partial charge in [0.15, 0.2) is 4.96 Å². The van der Waals surface area contributed by atoms with Crippen LogP contribution >= 0.6 is 11.3 Å². The number of carbonyl (C=O) groups excluding carboxylic acids is 1.